The molecule has 0 amide bonds. The van der Waals surface area contributed by atoms with Crippen LogP contribution in [0, 0.1) is 0 Å². The van der Waals surface area contributed by atoms with Gasteiger partial charge in [-0.05, 0) is 35.9 Å². The van der Waals surface area contributed by atoms with Gasteiger partial charge in [0.05, 0.1) is 5.75 Å². The normalized spacial score (nSPS) is 12.7. The molecule has 0 aliphatic carbocycles. The first-order chi connectivity index (χ1) is 9.61. The Hall–Kier alpha value is -1.85. The summed E-state index contributed by atoms with van der Waals surface area (Å²) >= 11 is 5.81. The Morgan fingerprint density at radius 3 is 2.70 bits per heavy atom. The molecule has 0 aliphatic rings. The van der Waals surface area contributed by atoms with Gasteiger partial charge in [0.2, 0.25) is 0 Å². The lowest BCUT2D eigenvalue weighted by Gasteiger charge is -1.98. The van der Waals surface area contributed by atoms with Gasteiger partial charge in [0.15, 0.2) is 5.58 Å². The van der Waals surface area contributed by atoms with Crippen LogP contribution in [0.15, 0.2) is 52.1 Å². The van der Waals surface area contributed by atoms with Crippen LogP contribution >= 0.6 is 11.6 Å². The maximum absolute atomic E-state index is 12.2. The van der Waals surface area contributed by atoms with E-state index in [2.05, 4.69) is 4.98 Å². The predicted octanol–water partition coefficient (Wildman–Crippen LogP) is 3.37. The van der Waals surface area contributed by atoms with E-state index in [1.807, 2.05) is 12.1 Å². The van der Waals surface area contributed by atoms with Gasteiger partial charge in [0.1, 0.15) is 16.3 Å². The molecule has 3 rings (SSSR count). The van der Waals surface area contributed by atoms with E-state index in [0.29, 0.717) is 27.6 Å². The van der Waals surface area contributed by atoms with E-state index in [-0.39, 0.29) is 5.22 Å². The van der Waals surface area contributed by atoms with Gasteiger partial charge in [-0.2, -0.15) is 0 Å². The number of rotatable bonds is 3. The molecule has 3 aromatic rings. The van der Waals surface area contributed by atoms with Crippen molar-refractivity contribution in [2.24, 2.45) is 0 Å². The van der Waals surface area contributed by atoms with Gasteiger partial charge in [-0.15, -0.1) is 0 Å². The number of aromatic nitrogens is 1. The third-order valence-corrected chi connectivity index (χ3v) is 4.21. The van der Waals surface area contributed by atoms with E-state index in [0.717, 1.165) is 5.56 Å². The van der Waals surface area contributed by atoms with E-state index in [1.54, 1.807) is 30.3 Å². The van der Waals surface area contributed by atoms with Crippen LogP contribution in [0.2, 0.25) is 5.02 Å². The summed E-state index contributed by atoms with van der Waals surface area (Å²) in [4.78, 5) is 4.21. The summed E-state index contributed by atoms with van der Waals surface area (Å²) in [6.45, 7) is 0. The highest BCUT2D eigenvalue weighted by molar-refractivity contribution is 7.84. The molecule has 1 aromatic heterocycles. The highest BCUT2D eigenvalue weighted by Crippen LogP contribution is 2.21. The Morgan fingerprint density at radius 1 is 1.20 bits per heavy atom. The third kappa shape index (κ3) is 2.69. The molecular weight excluding hydrogens is 296 g/mol. The minimum absolute atomic E-state index is 0.209. The van der Waals surface area contributed by atoms with Crippen LogP contribution in [0.3, 0.4) is 0 Å². The lowest BCUT2D eigenvalue weighted by Crippen LogP contribution is -1.96. The van der Waals surface area contributed by atoms with Gasteiger partial charge < -0.3 is 10.2 Å². The fourth-order valence-corrected chi connectivity index (χ4v) is 2.94. The van der Waals surface area contributed by atoms with Gasteiger partial charge >= 0.3 is 0 Å². The zero-order valence-corrected chi connectivity index (χ0v) is 11.9. The Morgan fingerprint density at radius 2 is 1.95 bits per heavy atom. The number of benzene rings is 2. The zero-order chi connectivity index (χ0) is 14.1. The average molecular weight is 307 g/mol. The second kappa shape index (κ2) is 5.26. The first-order valence-corrected chi connectivity index (χ1v) is 7.60. The maximum atomic E-state index is 12.2. The summed E-state index contributed by atoms with van der Waals surface area (Å²) in [7, 11) is -1.34. The molecule has 0 aliphatic heterocycles. The minimum atomic E-state index is -1.34. The highest BCUT2D eigenvalue weighted by Gasteiger charge is 2.13. The van der Waals surface area contributed by atoms with Crippen LogP contribution < -0.4 is 5.73 Å². The van der Waals surface area contributed by atoms with Gasteiger partial charge in [0, 0.05) is 10.7 Å². The second-order valence-corrected chi connectivity index (χ2v) is 6.09. The molecular formula is C14H11ClN2O2S. The molecule has 0 spiro atoms. The van der Waals surface area contributed by atoms with Crippen LogP contribution in [0.1, 0.15) is 5.56 Å². The van der Waals surface area contributed by atoms with Crippen molar-refractivity contribution >= 4 is 39.2 Å². The molecule has 1 atom stereocenters. The van der Waals surface area contributed by atoms with Crippen LogP contribution in [-0.2, 0) is 16.6 Å². The van der Waals surface area contributed by atoms with Crippen LogP contribution in [0.5, 0.6) is 0 Å². The summed E-state index contributed by atoms with van der Waals surface area (Å²) in [5.74, 6) is 0.333. The van der Waals surface area contributed by atoms with Crippen molar-refractivity contribution in [2.45, 2.75) is 11.0 Å². The molecule has 0 radical (unpaired) electrons. The second-order valence-electron chi connectivity index (χ2n) is 4.32. The molecule has 2 aromatic carbocycles. The van der Waals surface area contributed by atoms with Gasteiger partial charge in [0.25, 0.3) is 5.22 Å². The number of nitrogen functional groups attached to an aromatic ring is 1. The number of nitrogens with two attached hydrogens (primary N) is 1. The van der Waals surface area contributed by atoms with Crippen LogP contribution in [0.4, 0.5) is 5.69 Å². The number of halogens is 1. The van der Waals surface area contributed by atoms with E-state index in [9.17, 15) is 4.21 Å². The lowest BCUT2D eigenvalue weighted by molar-refractivity contribution is 0.477. The molecule has 0 saturated carbocycles. The summed E-state index contributed by atoms with van der Waals surface area (Å²) < 4.78 is 17.7. The third-order valence-electron chi connectivity index (χ3n) is 2.80. The Kier molecular flexibility index (Phi) is 3.46. The number of anilines is 1. The zero-order valence-electron chi connectivity index (χ0n) is 10.4. The van der Waals surface area contributed by atoms with Crippen molar-refractivity contribution in [3.63, 3.8) is 0 Å². The summed E-state index contributed by atoms with van der Waals surface area (Å²) in [6, 6.07) is 12.3. The lowest BCUT2D eigenvalue weighted by atomic mass is 10.2. The van der Waals surface area contributed by atoms with E-state index in [1.165, 1.54) is 0 Å². The number of oxazole rings is 1. The van der Waals surface area contributed by atoms with Crippen molar-refractivity contribution in [2.75, 3.05) is 5.73 Å². The first kappa shape index (κ1) is 13.1. The monoisotopic (exact) mass is 306 g/mol. The molecule has 1 heterocycles. The number of hydrogen-bond donors (Lipinski definition) is 1. The largest absolute Gasteiger partial charge is 0.430 e. The van der Waals surface area contributed by atoms with Crippen molar-refractivity contribution in [1.82, 2.24) is 4.98 Å². The van der Waals surface area contributed by atoms with Gasteiger partial charge in [-0.3, -0.25) is 0 Å². The number of nitrogens with zero attached hydrogens (tertiary/aromatic N) is 1. The molecule has 6 heteroatoms. The molecule has 1 unspecified atom stereocenters. The molecule has 0 bridgehead atoms. The molecule has 0 fully saturated rings. The smallest absolute Gasteiger partial charge is 0.288 e. The fourth-order valence-electron chi connectivity index (χ4n) is 1.81. The highest BCUT2D eigenvalue weighted by atomic mass is 35.5. The molecule has 4 nitrogen and oxygen atoms in total. The van der Waals surface area contributed by atoms with Crippen molar-refractivity contribution in [3.05, 3.63) is 53.1 Å². The predicted molar refractivity (Wildman–Crippen MR) is 80.0 cm³/mol. The standard InChI is InChI=1S/C14H11ClN2O2S/c15-10-3-1-9(2-4-10)8-20(18)14-17-12-7-11(16)5-6-13(12)19-14/h1-7H,8,16H2. The van der Waals surface area contributed by atoms with Crippen molar-refractivity contribution < 1.29 is 8.63 Å². The van der Waals surface area contributed by atoms with Crippen molar-refractivity contribution in [1.29, 1.82) is 0 Å². The summed E-state index contributed by atoms with van der Waals surface area (Å²) in [5, 5.41) is 0.859. The van der Waals surface area contributed by atoms with Crippen LogP contribution in [-0.4, -0.2) is 9.19 Å². The minimum Gasteiger partial charge on any atom is -0.430 e. The van der Waals surface area contributed by atoms with E-state index in [4.69, 9.17) is 21.8 Å². The SMILES string of the molecule is Nc1ccc2oc(S(=O)Cc3ccc(Cl)cc3)nc2c1. The molecule has 102 valence electrons. The fraction of sp³-hybridized carbons (Fsp3) is 0.0714. The average Bonchev–Trinajstić information content (AvgIpc) is 2.84. The van der Waals surface area contributed by atoms with Crippen LogP contribution in [0.25, 0.3) is 11.1 Å². The van der Waals surface area contributed by atoms with Gasteiger partial charge in [-0.1, -0.05) is 23.7 Å². The van der Waals surface area contributed by atoms with E-state index >= 15 is 0 Å². The maximum Gasteiger partial charge on any atom is 0.288 e. The number of hydrogen-bond acceptors (Lipinski definition) is 4. The molecule has 0 saturated heterocycles. The summed E-state index contributed by atoms with van der Waals surface area (Å²) in [5.41, 5.74) is 8.38. The van der Waals surface area contributed by atoms with Gasteiger partial charge in [-0.25, -0.2) is 9.19 Å². The first-order valence-electron chi connectivity index (χ1n) is 5.91. The summed E-state index contributed by atoms with van der Waals surface area (Å²) in [6.07, 6.45) is 0. The topological polar surface area (TPSA) is 69.1 Å². The molecule has 20 heavy (non-hydrogen) atoms. The quantitative estimate of drug-likeness (QED) is 0.753. The van der Waals surface area contributed by atoms with E-state index < -0.39 is 10.8 Å². The Balaban J connectivity index is 1.86. The Labute approximate surface area is 123 Å². The van der Waals surface area contributed by atoms with Crippen molar-refractivity contribution in [3.8, 4) is 0 Å². The Bertz CT molecular complexity index is 783. The molecule has 2 N–H and O–H groups in total. The number of fused-ring (bicyclic) bond motifs is 1.